The molecule has 0 atom stereocenters. The Labute approximate surface area is 103 Å². The van der Waals surface area contributed by atoms with Crippen molar-refractivity contribution in [1.82, 2.24) is 9.78 Å². The fourth-order valence-electron chi connectivity index (χ4n) is 1.45. The first-order valence-electron chi connectivity index (χ1n) is 4.73. The molecule has 0 saturated carbocycles. The molecule has 0 aliphatic carbocycles. The van der Waals surface area contributed by atoms with Crippen molar-refractivity contribution in [1.29, 1.82) is 0 Å². The van der Waals surface area contributed by atoms with Crippen molar-refractivity contribution in [2.75, 3.05) is 0 Å². The molecule has 1 heterocycles. The molecule has 0 saturated heterocycles. The van der Waals surface area contributed by atoms with Crippen LogP contribution < -0.4 is 0 Å². The summed E-state index contributed by atoms with van der Waals surface area (Å²) >= 11 is 11.9. The molecule has 0 radical (unpaired) electrons. The molecule has 1 aromatic heterocycles. The molecule has 0 fully saturated rings. The van der Waals surface area contributed by atoms with Gasteiger partial charge in [0.1, 0.15) is 0 Å². The molecule has 0 bridgehead atoms. The molecule has 1 aromatic carbocycles. The minimum absolute atomic E-state index is 0.0664. The number of aromatic nitrogens is 2. The number of nitrogens with zero attached hydrogens (tertiary/aromatic N) is 2. The highest BCUT2D eigenvalue weighted by Gasteiger charge is 2.08. The lowest BCUT2D eigenvalue weighted by Crippen LogP contribution is -2.00. The van der Waals surface area contributed by atoms with Crippen LogP contribution in [0.4, 0.5) is 0 Å². The van der Waals surface area contributed by atoms with E-state index in [1.54, 1.807) is 29.1 Å². The first kappa shape index (κ1) is 11.5. The lowest BCUT2D eigenvalue weighted by atomic mass is 10.2. The molecule has 2 rings (SSSR count). The maximum atomic E-state index is 9.23. The molecule has 0 spiro atoms. The van der Waals surface area contributed by atoms with Crippen LogP contribution in [-0.4, -0.2) is 14.9 Å². The van der Waals surface area contributed by atoms with Gasteiger partial charge < -0.3 is 5.11 Å². The summed E-state index contributed by atoms with van der Waals surface area (Å²) in [5, 5.41) is 14.7. The number of aryl methyl sites for hydroxylation is 1. The van der Waals surface area contributed by atoms with Crippen LogP contribution in [0.2, 0.25) is 10.0 Å². The summed E-state index contributed by atoms with van der Waals surface area (Å²) in [4.78, 5) is 0. The van der Waals surface area contributed by atoms with Crippen molar-refractivity contribution in [2.45, 2.75) is 13.5 Å². The van der Waals surface area contributed by atoms with Crippen LogP contribution in [0, 0.1) is 6.92 Å². The largest absolute Gasteiger partial charge is 0.392 e. The minimum Gasteiger partial charge on any atom is -0.392 e. The zero-order chi connectivity index (χ0) is 11.7. The Balaban J connectivity index is 2.57. The van der Waals surface area contributed by atoms with Gasteiger partial charge in [0.15, 0.2) is 0 Å². The standard InChI is InChI=1S/C11H10Cl2N2O/c1-7-10(13)5-15(14-7)11-4-9(12)3-2-8(11)6-16/h2-5,16H,6H2,1H3. The monoisotopic (exact) mass is 256 g/mol. The summed E-state index contributed by atoms with van der Waals surface area (Å²) in [5.74, 6) is 0. The summed E-state index contributed by atoms with van der Waals surface area (Å²) < 4.78 is 1.62. The third-order valence-corrected chi connectivity index (χ3v) is 2.91. The zero-order valence-corrected chi connectivity index (χ0v) is 10.1. The molecule has 0 unspecified atom stereocenters. The average molecular weight is 257 g/mol. The molecule has 1 N–H and O–H groups in total. The molecular formula is C11H10Cl2N2O. The highest BCUT2D eigenvalue weighted by atomic mass is 35.5. The first-order chi connectivity index (χ1) is 7.61. The second-order valence-corrected chi connectivity index (χ2v) is 4.28. The van der Waals surface area contributed by atoms with Crippen molar-refractivity contribution in [3.63, 3.8) is 0 Å². The van der Waals surface area contributed by atoms with Crippen LogP contribution in [0.15, 0.2) is 24.4 Å². The molecule has 3 nitrogen and oxygen atoms in total. The summed E-state index contributed by atoms with van der Waals surface area (Å²) in [6, 6.07) is 5.24. The van der Waals surface area contributed by atoms with E-state index in [-0.39, 0.29) is 6.61 Å². The number of rotatable bonds is 2. The fraction of sp³-hybridized carbons (Fsp3) is 0.182. The molecular weight excluding hydrogens is 247 g/mol. The van der Waals surface area contributed by atoms with E-state index in [1.807, 2.05) is 6.92 Å². The van der Waals surface area contributed by atoms with Crippen LogP contribution in [0.25, 0.3) is 5.69 Å². The molecule has 16 heavy (non-hydrogen) atoms. The Morgan fingerprint density at radius 1 is 1.38 bits per heavy atom. The second kappa shape index (κ2) is 4.45. The summed E-state index contributed by atoms with van der Waals surface area (Å²) in [6.07, 6.45) is 1.70. The van der Waals surface area contributed by atoms with Gasteiger partial charge in [0.05, 0.1) is 23.0 Å². The Morgan fingerprint density at radius 3 is 2.69 bits per heavy atom. The van der Waals surface area contributed by atoms with Gasteiger partial charge in [-0.3, -0.25) is 0 Å². The number of benzene rings is 1. The zero-order valence-electron chi connectivity index (χ0n) is 8.61. The molecule has 0 aliphatic rings. The minimum atomic E-state index is -0.0664. The highest BCUT2D eigenvalue weighted by Crippen LogP contribution is 2.22. The van der Waals surface area contributed by atoms with Crippen molar-refractivity contribution >= 4 is 23.2 Å². The van der Waals surface area contributed by atoms with Gasteiger partial charge in [-0.1, -0.05) is 29.3 Å². The summed E-state index contributed by atoms with van der Waals surface area (Å²) in [5.41, 5.74) is 2.24. The number of aliphatic hydroxyl groups is 1. The van der Waals surface area contributed by atoms with Gasteiger partial charge >= 0.3 is 0 Å². The Kier molecular flexibility index (Phi) is 3.19. The van der Waals surface area contributed by atoms with Crippen LogP contribution in [0.3, 0.4) is 0 Å². The van der Waals surface area contributed by atoms with Gasteiger partial charge in [-0.05, 0) is 19.1 Å². The van der Waals surface area contributed by atoms with E-state index in [4.69, 9.17) is 23.2 Å². The van der Waals surface area contributed by atoms with Crippen molar-refractivity contribution in [3.8, 4) is 5.69 Å². The van der Waals surface area contributed by atoms with E-state index in [0.29, 0.717) is 10.0 Å². The SMILES string of the molecule is Cc1nn(-c2cc(Cl)ccc2CO)cc1Cl. The van der Waals surface area contributed by atoms with E-state index in [1.165, 1.54) is 0 Å². The maximum absolute atomic E-state index is 9.23. The van der Waals surface area contributed by atoms with Gasteiger partial charge in [-0.25, -0.2) is 4.68 Å². The van der Waals surface area contributed by atoms with E-state index >= 15 is 0 Å². The Morgan fingerprint density at radius 2 is 2.12 bits per heavy atom. The van der Waals surface area contributed by atoms with Crippen molar-refractivity contribution in [3.05, 3.63) is 45.7 Å². The smallest absolute Gasteiger partial charge is 0.0819 e. The predicted octanol–water partition coefficient (Wildman–Crippen LogP) is 2.98. The number of halogens is 2. The van der Waals surface area contributed by atoms with Crippen LogP contribution in [-0.2, 0) is 6.61 Å². The highest BCUT2D eigenvalue weighted by molar-refractivity contribution is 6.31. The molecule has 5 heteroatoms. The topological polar surface area (TPSA) is 38.0 Å². The van der Waals surface area contributed by atoms with Gasteiger partial charge in [0.2, 0.25) is 0 Å². The summed E-state index contributed by atoms with van der Waals surface area (Å²) in [7, 11) is 0. The quantitative estimate of drug-likeness (QED) is 0.898. The fourth-order valence-corrected chi connectivity index (χ4v) is 1.74. The lowest BCUT2D eigenvalue weighted by Gasteiger charge is -2.07. The molecule has 0 aliphatic heterocycles. The molecule has 2 aromatic rings. The van der Waals surface area contributed by atoms with E-state index < -0.39 is 0 Å². The number of hydrogen-bond donors (Lipinski definition) is 1. The predicted molar refractivity (Wildman–Crippen MR) is 64.2 cm³/mol. The average Bonchev–Trinajstić information content (AvgIpc) is 2.59. The lowest BCUT2D eigenvalue weighted by molar-refractivity contribution is 0.281. The van der Waals surface area contributed by atoms with Gasteiger partial charge in [-0.15, -0.1) is 0 Å². The number of hydrogen-bond acceptors (Lipinski definition) is 2. The molecule has 84 valence electrons. The Bertz CT molecular complexity index is 503. The Hall–Kier alpha value is -1.03. The van der Waals surface area contributed by atoms with Gasteiger partial charge in [0, 0.05) is 16.8 Å². The third-order valence-electron chi connectivity index (χ3n) is 2.30. The second-order valence-electron chi connectivity index (χ2n) is 3.44. The molecule has 0 amide bonds. The first-order valence-corrected chi connectivity index (χ1v) is 5.49. The van der Waals surface area contributed by atoms with E-state index in [0.717, 1.165) is 16.9 Å². The van der Waals surface area contributed by atoms with E-state index in [9.17, 15) is 5.11 Å². The number of aliphatic hydroxyl groups excluding tert-OH is 1. The third kappa shape index (κ3) is 2.07. The van der Waals surface area contributed by atoms with Crippen molar-refractivity contribution < 1.29 is 5.11 Å². The van der Waals surface area contributed by atoms with E-state index in [2.05, 4.69) is 5.10 Å². The van der Waals surface area contributed by atoms with Crippen LogP contribution in [0.5, 0.6) is 0 Å². The van der Waals surface area contributed by atoms with Gasteiger partial charge in [-0.2, -0.15) is 5.10 Å². The van der Waals surface area contributed by atoms with Crippen LogP contribution in [0.1, 0.15) is 11.3 Å². The summed E-state index contributed by atoms with van der Waals surface area (Å²) in [6.45, 7) is 1.75. The van der Waals surface area contributed by atoms with Crippen LogP contribution >= 0.6 is 23.2 Å². The van der Waals surface area contributed by atoms with Gasteiger partial charge in [0.25, 0.3) is 0 Å². The normalized spacial score (nSPS) is 10.8. The van der Waals surface area contributed by atoms with Crippen molar-refractivity contribution in [2.24, 2.45) is 0 Å². The maximum Gasteiger partial charge on any atom is 0.0819 e.